The van der Waals surface area contributed by atoms with E-state index in [9.17, 15) is 13.2 Å². The number of ether oxygens (including phenoxy) is 2. The lowest BCUT2D eigenvalue weighted by atomic mass is 10.2. The van der Waals surface area contributed by atoms with Gasteiger partial charge in [-0.2, -0.15) is 4.31 Å². The van der Waals surface area contributed by atoms with Gasteiger partial charge in [0.2, 0.25) is 15.9 Å². The standard InChI is InChI=1S/C20H26N2O5S/c1-4-27-19-12-17(10-11-18(19)26-2)13-21-20(23)15-22(28(3,24)25)14-16-8-6-5-7-9-16/h5-12H,4,13-15H2,1-3H3,(H,21,23). The average molecular weight is 407 g/mol. The monoisotopic (exact) mass is 406 g/mol. The molecule has 1 amide bonds. The number of methoxy groups -OCH3 is 1. The number of rotatable bonds is 10. The van der Waals surface area contributed by atoms with Gasteiger partial charge in [-0.15, -0.1) is 0 Å². The second-order valence-corrected chi connectivity index (χ2v) is 8.19. The van der Waals surface area contributed by atoms with Crippen LogP contribution in [-0.4, -0.2) is 45.1 Å². The molecule has 0 aliphatic carbocycles. The zero-order chi connectivity index (χ0) is 20.6. The number of nitrogens with one attached hydrogen (secondary N) is 1. The third-order valence-corrected chi connectivity index (χ3v) is 5.20. The summed E-state index contributed by atoms with van der Waals surface area (Å²) in [4.78, 5) is 12.3. The fraction of sp³-hybridized carbons (Fsp3) is 0.350. The summed E-state index contributed by atoms with van der Waals surface area (Å²) in [5, 5.41) is 2.75. The van der Waals surface area contributed by atoms with Crippen molar-refractivity contribution in [2.75, 3.05) is 26.5 Å². The summed E-state index contributed by atoms with van der Waals surface area (Å²) in [6.07, 6.45) is 1.10. The molecule has 2 aromatic carbocycles. The maximum Gasteiger partial charge on any atom is 0.235 e. The molecule has 0 bridgehead atoms. The van der Waals surface area contributed by atoms with Crippen LogP contribution in [0.2, 0.25) is 0 Å². The zero-order valence-corrected chi connectivity index (χ0v) is 17.2. The van der Waals surface area contributed by atoms with Gasteiger partial charge >= 0.3 is 0 Å². The molecule has 0 spiro atoms. The first kappa shape index (κ1) is 21.7. The van der Waals surface area contributed by atoms with E-state index in [0.717, 1.165) is 21.7 Å². The molecule has 0 saturated carbocycles. The van der Waals surface area contributed by atoms with E-state index in [4.69, 9.17) is 9.47 Å². The largest absolute Gasteiger partial charge is 0.493 e. The van der Waals surface area contributed by atoms with Gasteiger partial charge in [0.05, 0.1) is 26.5 Å². The first-order valence-electron chi connectivity index (χ1n) is 8.89. The topological polar surface area (TPSA) is 84.9 Å². The number of sulfonamides is 1. The van der Waals surface area contributed by atoms with E-state index in [1.54, 1.807) is 19.2 Å². The highest BCUT2D eigenvalue weighted by molar-refractivity contribution is 7.88. The molecule has 0 heterocycles. The summed E-state index contributed by atoms with van der Waals surface area (Å²) in [6.45, 7) is 2.52. The lowest BCUT2D eigenvalue weighted by Gasteiger charge is -2.19. The SMILES string of the molecule is CCOc1cc(CNC(=O)CN(Cc2ccccc2)S(C)(=O)=O)ccc1OC. The normalized spacial score (nSPS) is 11.3. The number of carbonyl (C=O) groups excluding carboxylic acids is 1. The number of benzene rings is 2. The van der Waals surface area contributed by atoms with Gasteiger partial charge < -0.3 is 14.8 Å². The Bertz CT molecular complexity index is 885. The quantitative estimate of drug-likeness (QED) is 0.654. The van der Waals surface area contributed by atoms with Gasteiger partial charge in [0.15, 0.2) is 11.5 Å². The highest BCUT2D eigenvalue weighted by Crippen LogP contribution is 2.27. The van der Waals surface area contributed by atoms with E-state index >= 15 is 0 Å². The number of hydrogen-bond donors (Lipinski definition) is 1. The zero-order valence-electron chi connectivity index (χ0n) is 16.3. The number of nitrogens with zero attached hydrogens (tertiary/aromatic N) is 1. The number of carbonyl (C=O) groups is 1. The van der Waals surface area contributed by atoms with Crippen molar-refractivity contribution < 1.29 is 22.7 Å². The van der Waals surface area contributed by atoms with Crippen LogP contribution in [0.25, 0.3) is 0 Å². The Hall–Kier alpha value is -2.58. The van der Waals surface area contributed by atoms with Gasteiger partial charge in [0.25, 0.3) is 0 Å². The smallest absolute Gasteiger partial charge is 0.235 e. The lowest BCUT2D eigenvalue weighted by Crippen LogP contribution is -2.39. The van der Waals surface area contributed by atoms with Crippen molar-refractivity contribution in [3.05, 3.63) is 59.7 Å². The minimum Gasteiger partial charge on any atom is -0.493 e. The van der Waals surface area contributed by atoms with Gasteiger partial charge in [0, 0.05) is 13.1 Å². The Labute approximate surface area is 166 Å². The third-order valence-electron chi connectivity index (χ3n) is 4.01. The van der Waals surface area contributed by atoms with Crippen molar-refractivity contribution in [3.8, 4) is 11.5 Å². The lowest BCUT2D eigenvalue weighted by molar-refractivity contribution is -0.121. The minimum atomic E-state index is -3.53. The van der Waals surface area contributed by atoms with Gasteiger partial charge in [-0.05, 0) is 30.2 Å². The summed E-state index contributed by atoms with van der Waals surface area (Å²) in [6, 6.07) is 14.5. The van der Waals surface area contributed by atoms with Crippen molar-refractivity contribution in [2.45, 2.75) is 20.0 Å². The first-order chi connectivity index (χ1) is 13.3. The molecule has 0 fully saturated rings. The van der Waals surface area contributed by atoms with Crippen LogP contribution in [-0.2, 0) is 27.9 Å². The summed E-state index contributed by atoms with van der Waals surface area (Å²) in [7, 11) is -1.97. The summed E-state index contributed by atoms with van der Waals surface area (Å²) in [5.41, 5.74) is 1.64. The minimum absolute atomic E-state index is 0.143. The summed E-state index contributed by atoms with van der Waals surface area (Å²) in [5.74, 6) is 0.830. The van der Waals surface area contributed by atoms with E-state index in [-0.39, 0.29) is 25.5 Å². The molecule has 0 aromatic heterocycles. The Morgan fingerprint density at radius 3 is 2.39 bits per heavy atom. The molecule has 2 aromatic rings. The fourth-order valence-corrected chi connectivity index (χ4v) is 3.33. The first-order valence-corrected chi connectivity index (χ1v) is 10.7. The van der Waals surface area contributed by atoms with Crippen molar-refractivity contribution in [3.63, 3.8) is 0 Å². The van der Waals surface area contributed by atoms with Crippen LogP contribution in [0.3, 0.4) is 0 Å². The van der Waals surface area contributed by atoms with Crippen LogP contribution in [0.1, 0.15) is 18.1 Å². The van der Waals surface area contributed by atoms with Crippen LogP contribution in [0.5, 0.6) is 11.5 Å². The van der Waals surface area contributed by atoms with Gasteiger partial charge in [-0.3, -0.25) is 4.79 Å². The van der Waals surface area contributed by atoms with Crippen molar-refractivity contribution in [2.24, 2.45) is 0 Å². The van der Waals surface area contributed by atoms with E-state index in [0.29, 0.717) is 18.1 Å². The molecule has 0 atom stereocenters. The molecule has 152 valence electrons. The molecular weight excluding hydrogens is 380 g/mol. The predicted octanol–water partition coefficient (Wildman–Crippen LogP) is 2.17. The van der Waals surface area contributed by atoms with Gasteiger partial charge in [0.1, 0.15) is 0 Å². The van der Waals surface area contributed by atoms with E-state index < -0.39 is 10.0 Å². The van der Waals surface area contributed by atoms with Crippen LogP contribution >= 0.6 is 0 Å². The van der Waals surface area contributed by atoms with Crippen molar-refractivity contribution in [1.29, 1.82) is 0 Å². The average Bonchev–Trinajstić information content (AvgIpc) is 2.66. The molecule has 0 aliphatic rings. The molecule has 28 heavy (non-hydrogen) atoms. The Morgan fingerprint density at radius 2 is 1.79 bits per heavy atom. The Kier molecular flexibility index (Phi) is 7.83. The Morgan fingerprint density at radius 1 is 1.07 bits per heavy atom. The van der Waals surface area contributed by atoms with E-state index in [1.165, 1.54) is 0 Å². The summed E-state index contributed by atoms with van der Waals surface area (Å²) < 4.78 is 36.0. The van der Waals surface area contributed by atoms with Crippen LogP contribution in [0.15, 0.2) is 48.5 Å². The van der Waals surface area contributed by atoms with Crippen molar-refractivity contribution >= 4 is 15.9 Å². The fourth-order valence-electron chi connectivity index (χ4n) is 2.59. The van der Waals surface area contributed by atoms with Crippen LogP contribution < -0.4 is 14.8 Å². The highest BCUT2D eigenvalue weighted by Gasteiger charge is 2.20. The molecular formula is C20H26N2O5S. The molecule has 0 aliphatic heterocycles. The van der Waals surface area contributed by atoms with Crippen LogP contribution in [0.4, 0.5) is 0 Å². The maximum absolute atomic E-state index is 12.3. The second kappa shape index (κ2) is 10.1. The molecule has 0 saturated heterocycles. The van der Waals surface area contributed by atoms with Gasteiger partial charge in [-0.25, -0.2) is 8.42 Å². The molecule has 8 heteroatoms. The highest BCUT2D eigenvalue weighted by atomic mass is 32.2. The van der Waals surface area contributed by atoms with Crippen LogP contribution in [0, 0.1) is 0 Å². The second-order valence-electron chi connectivity index (χ2n) is 6.21. The van der Waals surface area contributed by atoms with Crippen molar-refractivity contribution in [1.82, 2.24) is 9.62 Å². The van der Waals surface area contributed by atoms with E-state index in [2.05, 4.69) is 5.32 Å². The molecule has 2 rings (SSSR count). The molecule has 0 radical (unpaired) electrons. The number of hydrogen-bond acceptors (Lipinski definition) is 5. The molecule has 0 unspecified atom stereocenters. The predicted molar refractivity (Wildman–Crippen MR) is 108 cm³/mol. The van der Waals surface area contributed by atoms with E-state index in [1.807, 2.05) is 43.3 Å². The molecule has 7 nitrogen and oxygen atoms in total. The summed E-state index contributed by atoms with van der Waals surface area (Å²) >= 11 is 0. The maximum atomic E-state index is 12.3. The molecule has 1 N–H and O–H groups in total. The third kappa shape index (κ3) is 6.54. The van der Waals surface area contributed by atoms with Gasteiger partial charge in [-0.1, -0.05) is 36.4 Å². The number of amides is 1. The Balaban J connectivity index is 2.00.